The highest BCUT2D eigenvalue weighted by molar-refractivity contribution is 5.88. The van der Waals surface area contributed by atoms with Gasteiger partial charge in [-0.3, -0.25) is 0 Å². The summed E-state index contributed by atoms with van der Waals surface area (Å²) in [4.78, 5) is 23.1. The van der Waals surface area contributed by atoms with Gasteiger partial charge in [-0.1, -0.05) is 65.0 Å². The number of hydrogen-bond acceptors (Lipinski definition) is 3. The number of allylic oxidation sites excluding steroid dienone is 3. The topological polar surface area (TPSA) is 66.4 Å². The van der Waals surface area contributed by atoms with E-state index in [1.807, 2.05) is 12.1 Å². The zero-order valence-electron chi connectivity index (χ0n) is 29.9. The second-order valence-electron chi connectivity index (χ2n) is 18.0. The summed E-state index contributed by atoms with van der Waals surface area (Å²) in [6, 6.07) is 7.61. The van der Waals surface area contributed by atoms with E-state index < -0.39 is 5.97 Å². The molecule has 1 aromatic carbocycles. The number of benzene rings is 1. The Kier molecular flexibility index (Phi) is 8.60. The molecule has 252 valence electrons. The summed E-state index contributed by atoms with van der Waals surface area (Å²) in [6.07, 6.45) is 15.8. The molecule has 0 spiro atoms. The normalized spacial score (nSPS) is 40.9. The number of carboxylic acid groups (broad SMARTS) is 1. The number of fused-ring (bicyclic) bond motifs is 7. The van der Waals surface area contributed by atoms with Gasteiger partial charge in [-0.05, 0) is 165 Å². The monoisotopic (exact) mass is 627 g/mol. The Morgan fingerprint density at radius 3 is 2.26 bits per heavy atom. The second-order valence-corrected chi connectivity index (χ2v) is 18.0. The van der Waals surface area contributed by atoms with Crippen LogP contribution in [0.1, 0.15) is 135 Å². The van der Waals surface area contributed by atoms with E-state index in [1.165, 1.54) is 68.1 Å². The van der Waals surface area contributed by atoms with Gasteiger partial charge in [0.2, 0.25) is 0 Å². The van der Waals surface area contributed by atoms with E-state index in [1.54, 1.807) is 19.1 Å². The number of carboxylic acids is 1. The number of Topliss-reactive ketones (excluding diaryl/α,β-unsaturated/α-hetero) is 1. The summed E-state index contributed by atoms with van der Waals surface area (Å²) < 4.78 is 0. The minimum atomic E-state index is -0.861. The Labute approximate surface area is 279 Å². The Morgan fingerprint density at radius 1 is 0.891 bits per heavy atom. The summed E-state index contributed by atoms with van der Waals surface area (Å²) in [5.41, 5.74) is 5.64. The van der Waals surface area contributed by atoms with Crippen LogP contribution in [0.25, 0.3) is 5.57 Å². The fourth-order valence-corrected chi connectivity index (χ4v) is 13.3. The third-order valence-corrected chi connectivity index (χ3v) is 15.6. The first kappa shape index (κ1) is 33.7. The maximum absolute atomic E-state index is 11.5. The molecule has 4 fully saturated rings. The summed E-state index contributed by atoms with van der Waals surface area (Å²) in [7, 11) is 0. The van der Waals surface area contributed by atoms with Crippen LogP contribution in [-0.2, 0) is 4.79 Å². The third kappa shape index (κ3) is 5.01. The minimum absolute atomic E-state index is 0.0309. The van der Waals surface area contributed by atoms with Crippen LogP contribution >= 0.6 is 0 Å². The summed E-state index contributed by atoms with van der Waals surface area (Å²) >= 11 is 0. The average molecular weight is 628 g/mol. The van der Waals surface area contributed by atoms with Crippen LogP contribution in [0.3, 0.4) is 0 Å². The molecular formula is C42H61NO3. The highest BCUT2D eigenvalue weighted by Crippen LogP contribution is 2.77. The maximum atomic E-state index is 11.5. The van der Waals surface area contributed by atoms with E-state index in [2.05, 4.69) is 59.5 Å². The first-order valence-electron chi connectivity index (χ1n) is 18.5. The SMILES string of the molecule is C=C(C)C1CCC2(CNCCCC(C)=O)CCC3(C)C(CCC4C5(C)CC=C(c6ccc(C(=O)O)cc6)C(C)(C)C5CCC43C)C12. The van der Waals surface area contributed by atoms with E-state index in [4.69, 9.17) is 0 Å². The zero-order valence-corrected chi connectivity index (χ0v) is 29.9. The largest absolute Gasteiger partial charge is 0.478 e. The number of hydrogen-bond donors (Lipinski definition) is 2. The molecule has 0 heterocycles. The molecule has 9 atom stereocenters. The number of nitrogens with one attached hydrogen (secondary N) is 1. The molecular weight excluding hydrogens is 566 g/mol. The molecule has 9 unspecified atom stereocenters. The molecule has 0 aliphatic heterocycles. The van der Waals surface area contributed by atoms with Crippen LogP contribution in [0.4, 0.5) is 0 Å². The lowest BCUT2D eigenvalue weighted by molar-refractivity contribution is -0.225. The van der Waals surface area contributed by atoms with Crippen molar-refractivity contribution in [1.29, 1.82) is 0 Å². The van der Waals surface area contributed by atoms with Crippen molar-refractivity contribution in [1.82, 2.24) is 5.32 Å². The second kappa shape index (κ2) is 11.7. The maximum Gasteiger partial charge on any atom is 0.335 e. The van der Waals surface area contributed by atoms with Gasteiger partial charge < -0.3 is 15.2 Å². The Balaban J connectivity index is 1.29. The Hall–Kier alpha value is -2.20. The van der Waals surface area contributed by atoms with Gasteiger partial charge in [-0.2, -0.15) is 0 Å². The predicted octanol–water partition coefficient (Wildman–Crippen LogP) is 9.99. The van der Waals surface area contributed by atoms with Crippen LogP contribution in [0.5, 0.6) is 0 Å². The van der Waals surface area contributed by atoms with Gasteiger partial charge in [0.15, 0.2) is 0 Å². The summed E-state index contributed by atoms with van der Waals surface area (Å²) in [5, 5.41) is 13.3. The van der Waals surface area contributed by atoms with E-state index in [0.29, 0.717) is 57.7 Å². The van der Waals surface area contributed by atoms with Crippen molar-refractivity contribution in [3.05, 3.63) is 53.6 Å². The zero-order chi connectivity index (χ0) is 33.3. The lowest BCUT2D eigenvalue weighted by Crippen LogP contribution is -2.65. The molecule has 5 aliphatic rings. The average Bonchev–Trinajstić information content (AvgIpc) is 3.37. The molecule has 0 radical (unpaired) electrons. The molecule has 1 aromatic rings. The van der Waals surface area contributed by atoms with Crippen molar-refractivity contribution in [3.8, 4) is 0 Å². The van der Waals surface area contributed by atoms with Gasteiger partial charge in [0.25, 0.3) is 0 Å². The molecule has 0 bridgehead atoms. The fourth-order valence-electron chi connectivity index (χ4n) is 13.3. The van der Waals surface area contributed by atoms with E-state index in [-0.39, 0.29) is 10.8 Å². The van der Waals surface area contributed by atoms with Crippen molar-refractivity contribution >= 4 is 17.3 Å². The summed E-state index contributed by atoms with van der Waals surface area (Å²) in [5.74, 6) is 2.81. The van der Waals surface area contributed by atoms with Crippen molar-refractivity contribution in [3.63, 3.8) is 0 Å². The Morgan fingerprint density at radius 2 is 1.61 bits per heavy atom. The van der Waals surface area contributed by atoms with Gasteiger partial charge in [-0.15, -0.1) is 0 Å². The van der Waals surface area contributed by atoms with Gasteiger partial charge in [0.1, 0.15) is 5.78 Å². The van der Waals surface area contributed by atoms with E-state index >= 15 is 0 Å². The molecule has 4 nitrogen and oxygen atoms in total. The molecule has 4 saturated carbocycles. The molecule has 4 heteroatoms. The lowest BCUT2D eigenvalue weighted by Gasteiger charge is -2.72. The highest BCUT2D eigenvalue weighted by atomic mass is 16.4. The van der Waals surface area contributed by atoms with Crippen LogP contribution in [0.2, 0.25) is 0 Å². The molecule has 46 heavy (non-hydrogen) atoms. The Bertz CT molecular complexity index is 1410. The van der Waals surface area contributed by atoms with E-state index in [9.17, 15) is 14.7 Å². The highest BCUT2D eigenvalue weighted by Gasteiger charge is 2.70. The smallest absolute Gasteiger partial charge is 0.335 e. The standard InChI is InChI=1S/C42H61NO3/c1-27(2)31-17-22-42(26-43-25-9-10-28(3)44)24-23-40(7)33(36(31)42)15-16-35-39(6)20-18-32(29-11-13-30(14-12-29)37(45)46)38(4,5)34(39)19-21-41(35,40)8/h11-14,18,31,33-36,43H,1,9-10,15-17,19-26H2,2-8H3,(H,45,46). The number of ketones is 1. The first-order valence-corrected chi connectivity index (χ1v) is 18.5. The van der Waals surface area contributed by atoms with Crippen LogP contribution in [0.15, 0.2) is 42.5 Å². The quantitative estimate of drug-likeness (QED) is 0.211. The van der Waals surface area contributed by atoms with E-state index in [0.717, 1.165) is 31.8 Å². The first-order chi connectivity index (χ1) is 21.6. The van der Waals surface area contributed by atoms with Crippen LogP contribution < -0.4 is 5.32 Å². The van der Waals surface area contributed by atoms with Gasteiger partial charge in [-0.25, -0.2) is 4.79 Å². The molecule has 6 rings (SSSR count). The summed E-state index contributed by atoms with van der Waals surface area (Å²) in [6.45, 7) is 23.7. The van der Waals surface area contributed by atoms with Crippen LogP contribution in [-0.4, -0.2) is 29.9 Å². The van der Waals surface area contributed by atoms with Gasteiger partial charge in [0.05, 0.1) is 5.56 Å². The van der Waals surface area contributed by atoms with Crippen molar-refractivity contribution < 1.29 is 14.7 Å². The number of carbonyl (C=O) groups is 2. The predicted molar refractivity (Wildman–Crippen MR) is 189 cm³/mol. The molecule has 2 N–H and O–H groups in total. The molecule has 0 amide bonds. The number of aromatic carboxylic acids is 1. The van der Waals surface area contributed by atoms with Gasteiger partial charge >= 0.3 is 5.97 Å². The minimum Gasteiger partial charge on any atom is -0.478 e. The van der Waals surface area contributed by atoms with Gasteiger partial charge in [0, 0.05) is 13.0 Å². The van der Waals surface area contributed by atoms with Crippen molar-refractivity contribution in [2.24, 2.45) is 56.7 Å². The molecule has 0 saturated heterocycles. The fraction of sp³-hybridized carbons (Fsp3) is 0.714. The molecule has 5 aliphatic carbocycles. The molecule has 0 aromatic heterocycles. The van der Waals surface area contributed by atoms with Crippen molar-refractivity contribution in [2.45, 2.75) is 119 Å². The lowest BCUT2D eigenvalue weighted by atomic mass is 9.32. The van der Waals surface area contributed by atoms with Crippen LogP contribution in [0, 0.1) is 56.7 Å². The number of carbonyl (C=O) groups excluding carboxylic acids is 1. The third-order valence-electron chi connectivity index (χ3n) is 15.6. The van der Waals surface area contributed by atoms with Crippen molar-refractivity contribution in [2.75, 3.05) is 13.1 Å². The number of rotatable bonds is 9.